The highest BCUT2D eigenvalue weighted by atomic mass is 32.2. The molecule has 0 aromatic heterocycles. The summed E-state index contributed by atoms with van der Waals surface area (Å²) in [5.74, 6) is -0.433. The molecule has 0 aliphatic heterocycles. The highest BCUT2D eigenvalue weighted by Gasteiger charge is 2.21. The van der Waals surface area contributed by atoms with Crippen molar-refractivity contribution in [3.63, 3.8) is 0 Å². The summed E-state index contributed by atoms with van der Waals surface area (Å²) in [5.41, 5.74) is 0. The molecule has 1 aliphatic carbocycles. The minimum absolute atomic E-state index is 0.211. The maximum atomic E-state index is 11.3. The van der Waals surface area contributed by atoms with Crippen molar-refractivity contribution >= 4 is 15.9 Å². The van der Waals surface area contributed by atoms with Gasteiger partial charge in [0.25, 0.3) is 0 Å². The first kappa shape index (κ1) is 12.4. The average Bonchev–Trinajstić information content (AvgIpc) is 2.86. The fraction of sp³-hybridized carbons (Fsp3) is 0.889. The summed E-state index contributed by atoms with van der Waals surface area (Å²) >= 11 is 0. The van der Waals surface area contributed by atoms with Crippen LogP contribution in [0.4, 0.5) is 0 Å². The number of nitrogens with one attached hydrogen (secondary N) is 2. The molecule has 0 saturated heterocycles. The summed E-state index contributed by atoms with van der Waals surface area (Å²) in [4.78, 5) is 11.2. The number of hydrogen-bond donors (Lipinski definition) is 2. The summed E-state index contributed by atoms with van der Waals surface area (Å²) in [7, 11) is -3.46. The van der Waals surface area contributed by atoms with Gasteiger partial charge in [0.1, 0.15) is 0 Å². The van der Waals surface area contributed by atoms with E-state index in [1.54, 1.807) is 0 Å². The smallest absolute Gasteiger partial charge is 0.237 e. The van der Waals surface area contributed by atoms with Crippen LogP contribution < -0.4 is 10.0 Å². The molecular formula is C9H18N2O3S. The van der Waals surface area contributed by atoms with Crippen molar-refractivity contribution in [2.75, 3.05) is 6.54 Å². The van der Waals surface area contributed by atoms with Gasteiger partial charge in [-0.25, -0.2) is 8.42 Å². The van der Waals surface area contributed by atoms with Gasteiger partial charge in [0.2, 0.25) is 15.9 Å². The largest absolute Gasteiger partial charge is 0.313 e. The molecule has 0 radical (unpaired) electrons. The van der Waals surface area contributed by atoms with E-state index >= 15 is 0 Å². The van der Waals surface area contributed by atoms with Crippen LogP contribution in [0.2, 0.25) is 0 Å². The molecule has 5 nitrogen and oxygen atoms in total. The van der Waals surface area contributed by atoms with Gasteiger partial charge >= 0.3 is 0 Å². The highest BCUT2D eigenvalue weighted by Crippen LogP contribution is 2.18. The predicted molar refractivity (Wildman–Crippen MR) is 57.8 cm³/mol. The number of hydrogen-bond acceptors (Lipinski definition) is 4. The van der Waals surface area contributed by atoms with E-state index in [1.807, 2.05) is 4.72 Å². The molecule has 1 saturated carbocycles. The molecule has 0 bridgehead atoms. The Morgan fingerprint density at radius 1 is 1.40 bits per heavy atom. The third kappa shape index (κ3) is 4.61. The van der Waals surface area contributed by atoms with E-state index in [0.717, 1.165) is 12.8 Å². The van der Waals surface area contributed by atoms with Crippen LogP contribution in [0, 0.1) is 0 Å². The van der Waals surface area contributed by atoms with Crippen molar-refractivity contribution in [1.29, 1.82) is 0 Å². The quantitative estimate of drug-likeness (QED) is 0.677. The molecule has 2 N–H and O–H groups in total. The van der Waals surface area contributed by atoms with Gasteiger partial charge in [-0.05, 0) is 26.7 Å². The Morgan fingerprint density at radius 2 is 2.00 bits per heavy atom. The van der Waals surface area contributed by atoms with Crippen molar-refractivity contribution in [3.8, 4) is 0 Å². The summed E-state index contributed by atoms with van der Waals surface area (Å²) in [5, 5.41) is 2.58. The first-order valence-electron chi connectivity index (χ1n) is 5.19. The summed E-state index contributed by atoms with van der Waals surface area (Å²) in [6, 6.07) is 0.541. The SMILES string of the molecule is CC(C)S(=O)(=O)NC(=O)CCNC1CC1. The van der Waals surface area contributed by atoms with Gasteiger partial charge < -0.3 is 5.32 Å². The van der Waals surface area contributed by atoms with Gasteiger partial charge in [0.05, 0.1) is 5.25 Å². The first-order valence-corrected chi connectivity index (χ1v) is 6.74. The fourth-order valence-electron chi connectivity index (χ4n) is 1.00. The highest BCUT2D eigenvalue weighted by molar-refractivity contribution is 7.90. The van der Waals surface area contributed by atoms with Gasteiger partial charge in [-0.2, -0.15) is 0 Å². The van der Waals surface area contributed by atoms with Crippen molar-refractivity contribution < 1.29 is 13.2 Å². The lowest BCUT2D eigenvalue weighted by molar-refractivity contribution is -0.119. The molecule has 1 aliphatic rings. The topological polar surface area (TPSA) is 75.3 Å². The molecule has 0 atom stereocenters. The maximum absolute atomic E-state index is 11.3. The summed E-state index contributed by atoms with van der Waals surface area (Å²) in [6.07, 6.45) is 2.53. The molecule has 0 aromatic carbocycles. The molecule has 6 heteroatoms. The second-order valence-corrected chi connectivity index (χ2v) is 6.33. The summed E-state index contributed by atoms with van der Waals surface area (Å²) in [6.45, 7) is 3.63. The van der Waals surface area contributed by atoms with Crippen molar-refractivity contribution in [2.24, 2.45) is 0 Å². The number of carbonyl (C=O) groups is 1. The van der Waals surface area contributed by atoms with E-state index in [0.29, 0.717) is 12.6 Å². The van der Waals surface area contributed by atoms with Crippen LogP contribution in [-0.4, -0.2) is 32.2 Å². The van der Waals surface area contributed by atoms with Crippen molar-refractivity contribution in [3.05, 3.63) is 0 Å². The lowest BCUT2D eigenvalue weighted by Gasteiger charge is -2.09. The van der Waals surface area contributed by atoms with Gasteiger partial charge in [0.15, 0.2) is 0 Å². The number of sulfonamides is 1. The van der Waals surface area contributed by atoms with Crippen LogP contribution in [0.5, 0.6) is 0 Å². The Balaban J connectivity index is 2.22. The zero-order chi connectivity index (χ0) is 11.5. The maximum Gasteiger partial charge on any atom is 0.237 e. The molecule has 0 heterocycles. The number of carbonyl (C=O) groups excluding carboxylic acids is 1. The Labute approximate surface area is 90.7 Å². The van der Waals surface area contributed by atoms with Crippen LogP contribution in [-0.2, 0) is 14.8 Å². The Bertz CT molecular complexity index is 320. The first-order chi connectivity index (χ1) is 6.92. The third-order valence-electron chi connectivity index (χ3n) is 2.24. The molecule has 0 unspecified atom stereocenters. The Hall–Kier alpha value is -0.620. The van der Waals surface area contributed by atoms with Gasteiger partial charge in [-0.3, -0.25) is 9.52 Å². The predicted octanol–water partition coefficient (Wildman–Crippen LogP) is -0.0171. The van der Waals surface area contributed by atoms with E-state index in [1.165, 1.54) is 13.8 Å². The normalized spacial score (nSPS) is 16.7. The molecular weight excluding hydrogens is 216 g/mol. The average molecular weight is 234 g/mol. The van der Waals surface area contributed by atoms with Gasteiger partial charge in [0, 0.05) is 19.0 Å². The lowest BCUT2D eigenvalue weighted by atomic mass is 10.4. The molecule has 1 rings (SSSR count). The lowest BCUT2D eigenvalue weighted by Crippen LogP contribution is -2.37. The van der Waals surface area contributed by atoms with E-state index in [2.05, 4.69) is 5.32 Å². The third-order valence-corrected chi connectivity index (χ3v) is 3.99. The van der Waals surface area contributed by atoms with Crippen LogP contribution in [0.25, 0.3) is 0 Å². The van der Waals surface area contributed by atoms with Crippen LogP contribution in [0.1, 0.15) is 33.1 Å². The monoisotopic (exact) mass is 234 g/mol. The van der Waals surface area contributed by atoms with E-state index in [-0.39, 0.29) is 6.42 Å². The van der Waals surface area contributed by atoms with Crippen molar-refractivity contribution in [2.45, 2.75) is 44.4 Å². The molecule has 0 spiro atoms. The Morgan fingerprint density at radius 3 is 2.47 bits per heavy atom. The number of rotatable bonds is 6. The van der Waals surface area contributed by atoms with Gasteiger partial charge in [-0.15, -0.1) is 0 Å². The standard InChI is InChI=1S/C9H18N2O3S/c1-7(2)15(13,14)11-9(12)5-6-10-8-3-4-8/h7-8,10H,3-6H2,1-2H3,(H,11,12). The van der Waals surface area contributed by atoms with E-state index in [9.17, 15) is 13.2 Å². The second kappa shape index (κ2) is 4.94. The van der Waals surface area contributed by atoms with E-state index in [4.69, 9.17) is 0 Å². The second-order valence-electron chi connectivity index (χ2n) is 4.10. The minimum Gasteiger partial charge on any atom is -0.313 e. The van der Waals surface area contributed by atoms with Crippen LogP contribution in [0.3, 0.4) is 0 Å². The zero-order valence-electron chi connectivity index (χ0n) is 9.12. The van der Waals surface area contributed by atoms with Crippen LogP contribution in [0.15, 0.2) is 0 Å². The van der Waals surface area contributed by atoms with E-state index < -0.39 is 21.2 Å². The zero-order valence-corrected chi connectivity index (χ0v) is 9.93. The van der Waals surface area contributed by atoms with Crippen molar-refractivity contribution in [1.82, 2.24) is 10.0 Å². The molecule has 15 heavy (non-hydrogen) atoms. The Kier molecular flexibility index (Phi) is 4.10. The minimum atomic E-state index is -3.46. The van der Waals surface area contributed by atoms with Crippen LogP contribution >= 0.6 is 0 Å². The molecule has 88 valence electrons. The fourth-order valence-corrected chi connectivity index (χ4v) is 1.66. The van der Waals surface area contributed by atoms with Gasteiger partial charge in [-0.1, -0.05) is 0 Å². The molecule has 1 fully saturated rings. The molecule has 0 aromatic rings. The molecule has 1 amide bonds. The summed E-state index contributed by atoms with van der Waals surface area (Å²) < 4.78 is 24.6. The number of amides is 1.